The Kier molecular flexibility index (Phi) is 4.82. The molecule has 132 valence electrons. The van der Waals surface area contributed by atoms with Gasteiger partial charge in [0.15, 0.2) is 5.82 Å². The third-order valence-corrected chi connectivity index (χ3v) is 4.81. The van der Waals surface area contributed by atoms with Crippen LogP contribution in [0.25, 0.3) is 22.6 Å². The fraction of sp³-hybridized carbons (Fsp3) is 0.250. The summed E-state index contributed by atoms with van der Waals surface area (Å²) in [4.78, 5) is 15.9. The summed E-state index contributed by atoms with van der Waals surface area (Å²) in [7, 11) is 0. The molecule has 1 saturated heterocycles. The highest BCUT2D eigenvalue weighted by molar-refractivity contribution is 6.30. The van der Waals surface area contributed by atoms with E-state index in [0.29, 0.717) is 10.8 Å². The van der Waals surface area contributed by atoms with Gasteiger partial charge in [-0.1, -0.05) is 23.7 Å². The number of aromatic nitrogens is 3. The minimum absolute atomic E-state index is 0.221. The average molecular weight is 367 g/mol. The van der Waals surface area contributed by atoms with E-state index in [4.69, 9.17) is 21.6 Å². The van der Waals surface area contributed by atoms with E-state index in [1.807, 2.05) is 42.5 Å². The summed E-state index contributed by atoms with van der Waals surface area (Å²) in [5.41, 5.74) is 2.71. The topological polar surface area (TPSA) is 62.1 Å². The Morgan fingerprint density at radius 3 is 2.46 bits per heavy atom. The van der Waals surface area contributed by atoms with Gasteiger partial charge in [-0.25, -0.2) is 9.97 Å². The van der Waals surface area contributed by atoms with Gasteiger partial charge in [0.05, 0.1) is 11.8 Å². The molecule has 1 aromatic carbocycles. The molecule has 4 rings (SSSR count). The second kappa shape index (κ2) is 7.40. The van der Waals surface area contributed by atoms with Crippen LogP contribution in [0.1, 0.15) is 12.8 Å². The molecule has 3 heterocycles. The predicted molar refractivity (Wildman–Crippen MR) is 103 cm³/mol. The van der Waals surface area contributed by atoms with Crippen molar-refractivity contribution in [1.29, 1.82) is 0 Å². The van der Waals surface area contributed by atoms with Crippen LogP contribution in [0.4, 0.5) is 5.82 Å². The number of anilines is 1. The number of hydrogen-bond acceptors (Lipinski definition) is 5. The molecule has 6 heteroatoms. The zero-order valence-corrected chi connectivity index (χ0v) is 15.0. The van der Waals surface area contributed by atoms with Crippen LogP contribution < -0.4 is 4.90 Å². The second-order valence-corrected chi connectivity index (χ2v) is 6.84. The standard InChI is InChI=1S/C20H19ClN4O/c21-16-5-3-14(4-6-16)18-12-19(25-10-7-17(26)8-11-25)24-20(23-18)15-2-1-9-22-13-15/h1-6,9,12-13,17,26H,7-8,10-11H2. The molecule has 3 aromatic rings. The predicted octanol–water partition coefficient (Wildman–Crippen LogP) is 3.82. The van der Waals surface area contributed by atoms with Crippen molar-refractivity contribution >= 4 is 17.4 Å². The minimum atomic E-state index is -0.221. The summed E-state index contributed by atoms with van der Waals surface area (Å²) < 4.78 is 0. The van der Waals surface area contributed by atoms with E-state index in [9.17, 15) is 5.11 Å². The van der Waals surface area contributed by atoms with Crippen molar-refractivity contribution in [2.75, 3.05) is 18.0 Å². The Bertz CT molecular complexity index is 878. The molecule has 0 saturated carbocycles. The number of piperidine rings is 1. The highest BCUT2D eigenvalue weighted by Gasteiger charge is 2.20. The smallest absolute Gasteiger partial charge is 0.163 e. The van der Waals surface area contributed by atoms with Gasteiger partial charge in [-0.15, -0.1) is 0 Å². The van der Waals surface area contributed by atoms with Gasteiger partial charge in [-0.3, -0.25) is 4.98 Å². The Balaban J connectivity index is 1.78. The first-order valence-corrected chi connectivity index (χ1v) is 9.05. The molecule has 2 aromatic heterocycles. The van der Waals surface area contributed by atoms with Gasteiger partial charge in [0.1, 0.15) is 5.82 Å². The number of halogens is 1. The molecule has 0 bridgehead atoms. The van der Waals surface area contributed by atoms with E-state index in [-0.39, 0.29) is 6.10 Å². The first-order chi connectivity index (χ1) is 12.7. The lowest BCUT2D eigenvalue weighted by atomic mass is 10.1. The largest absolute Gasteiger partial charge is 0.393 e. The van der Waals surface area contributed by atoms with Crippen LogP contribution in [-0.4, -0.2) is 39.3 Å². The van der Waals surface area contributed by atoms with Crippen LogP contribution in [0.5, 0.6) is 0 Å². The van der Waals surface area contributed by atoms with Gasteiger partial charge in [-0.2, -0.15) is 0 Å². The molecule has 1 N–H and O–H groups in total. The van der Waals surface area contributed by atoms with Gasteiger partial charge in [0.2, 0.25) is 0 Å². The van der Waals surface area contributed by atoms with Crippen LogP contribution in [0.2, 0.25) is 5.02 Å². The molecule has 0 radical (unpaired) electrons. The van der Waals surface area contributed by atoms with Crippen LogP contribution in [0.3, 0.4) is 0 Å². The number of hydrogen-bond donors (Lipinski definition) is 1. The number of nitrogens with zero attached hydrogens (tertiary/aromatic N) is 4. The Hall–Kier alpha value is -2.50. The maximum atomic E-state index is 9.78. The first-order valence-electron chi connectivity index (χ1n) is 8.67. The van der Waals surface area contributed by atoms with Crippen LogP contribution >= 0.6 is 11.6 Å². The number of aliphatic hydroxyl groups excluding tert-OH is 1. The normalized spacial score (nSPS) is 15.2. The fourth-order valence-corrected chi connectivity index (χ4v) is 3.21. The Morgan fingerprint density at radius 2 is 1.77 bits per heavy atom. The fourth-order valence-electron chi connectivity index (χ4n) is 3.08. The van der Waals surface area contributed by atoms with E-state index in [1.165, 1.54) is 0 Å². The van der Waals surface area contributed by atoms with Gasteiger partial charge < -0.3 is 10.0 Å². The van der Waals surface area contributed by atoms with Crippen LogP contribution in [0.15, 0.2) is 54.9 Å². The van der Waals surface area contributed by atoms with Gasteiger partial charge >= 0.3 is 0 Å². The van der Waals surface area contributed by atoms with Gasteiger partial charge in [-0.05, 0) is 37.1 Å². The van der Waals surface area contributed by atoms with E-state index in [1.54, 1.807) is 12.4 Å². The van der Waals surface area contributed by atoms with Crippen molar-refractivity contribution < 1.29 is 5.11 Å². The number of aliphatic hydroxyl groups is 1. The van der Waals surface area contributed by atoms with Crippen molar-refractivity contribution in [3.05, 3.63) is 59.9 Å². The van der Waals surface area contributed by atoms with E-state index < -0.39 is 0 Å². The molecule has 26 heavy (non-hydrogen) atoms. The molecule has 0 unspecified atom stereocenters. The average Bonchev–Trinajstić information content (AvgIpc) is 2.69. The molecular formula is C20H19ClN4O. The third kappa shape index (κ3) is 3.69. The van der Waals surface area contributed by atoms with Gasteiger partial charge in [0, 0.05) is 47.7 Å². The Morgan fingerprint density at radius 1 is 1.00 bits per heavy atom. The van der Waals surface area contributed by atoms with Crippen molar-refractivity contribution in [2.45, 2.75) is 18.9 Å². The molecule has 0 aliphatic carbocycles. The summed E-state index contributed by atoms with van der Waals surface area (Å²) in [6.07, 6.45) is 4.79. The number of benzene rings is 1. The number of rotatable bonds is 3. The van der Waals surface area contributed by atoms with Crippen LogP contribution in [0, 0.1) is 0 Å². The first kappa shape index (κ1) is 16.9. The quantitative estimate of drug-likeness (QED) is 0.763. The summed E-state index contributed by atoms with van der Waals surface area (Å²) in [5.74, 6) is 1.52. The minimum Gasteiger partial charge on any atom is -0.393 e. The summed E-state index contributed by atoms with van der Waals surface area (Å²) >= 11 is 6.02. The second-order valence-electron chi connectivity index (χ2n) is 6.40. The summed E-state index contributed by atoms with van der Waals surface area (Å²) in [6, 6.07) is 13.5. The maximum Gasteiger partial charge on any atom is 0.163 e. The highest BCUT2D eigenvalue weighted by Crippen LogP contribution is 2.28. The zero-order chi connectivity index (χ0) is 17.9. The van der Waals surface area contributed by atoms with Crippen molar-refractivity contribution in [3.63, 3.8) is 0 Å². The van der Waals surface area contributed by atoms with E-state index >= 15 is 0 Å². The number of pyridine rings is 1. The lowest BCUT2D eigenvalue weighted by Crippen LogP contribution is -2.36. The monoisotopic (exact) mass is 366 g/mol. The van der Waals surface area contributed by atoms with Crippen molar-refractivity contribution in [1.82, 2.24) is 15.0 Å². The molecule has 1 aliphatic heterocycles. The zero-order valence-electron chi connectivity index (χ0n) is 14.2. The van der Waals surface area contributed by atoms with Crippen molar-refractivity contribution in [2.24, 2.45) is 0 Å². The SMILES string of the molecule is OC1CCN(c2cc(-c3ccc(Cl)cc3)nc(-c3cccnc3)n2)CC1. The summed E-state index contributed by atoms with van der Waals surface area (Å²) in [6.45, 7) is 1.56. The summed E-state index contributed by atoms with van der Waals surface area (Å²) in [5, 5.41) is 10.5. The third-order valence-electron chi connectivity index (χ3n) is 4.56. The molecule has 0 amide bonds. The maximum absolute atomic E-state index is 9.78. The Labute approximate surface area is 157 Å². The lowest BCUT2D eigenvalue weighted by molar-refractivity contribution is 0.145. The van der Waals surface area contributed by atoms with Crippen LogP contribution in [-0.2, 0) is 0 Å². The van der Waals surface area contributed by atoms with E-state index in [0.717, 1.165) is 48.6 Å². The molecule has 5 nitrogen and oxygen atoms in total. The molecule has 1 fully saturated rings. The molecular weight excluding hydrogens is 348 g/mol. The van der Waals surface area contributed by atoms with E-state index in [2.05, 4.69) is 9.88 Å². The van der Waals surface area contributed by atoms with Crippen molar-refractivity contribution in [3.8, 4) is 22.6 Å². The molecule has 0 atom stereocenters. The lowest BCUT2D eigenvalue weighted by Gasteiger charge is -2.30. The molecule has 0 spiro atoms. The highest BCUT2D eigenvalue weighted by atomic mass is 35.5. The molecule has 1 aliphatic rings. The van der Waals surface area contributed by atoms with Gasteiger partial charge in [0.25, 0.3) is 0 Å².